The maximum atomic E-state index is 13.8. The number of hydrogen-bond acceptors (Lipinski definition) is 4. The van der Waals surface area contributed by atoms with Gasteiger partial charge < -0.3 is 16.0 Å². The summed E-state index contributed by atoms with van der Waals surface area (Å²) < 4.78 is 13.8. The van der Waals surface area contributed by atoms with Crippen LogP contribution in [-0.4, -0.2) is 33.8 Å². The quantitative estimate of drug-likeness (QED) is 0.588. The van der Waals surface area contributed by atoms with Gasteiger partial charge in [-0.05, 0) is 73.7 Å². The Morgan fingerprint density at radius 1 is 0.970 bits per heavy atom. The minimum atomic E-state index is -0.430. The first kappa shape index (κ1) is 22.6. The third kappa shape index (κ3) is 5.81. The third-order valence-corrected chi connectivity index (χ3v) is 6.02. The summed E-state index contributed by atoms with van der Waals surface area (Å²) in [5.74, 6) is -0.836. The van der Waals surface area contributed by atoms with Crippen molar-refractivity contribution in [1.82, 2.24) is 9.88 Å². The largest absolute Gasteiger partial charge is 0.331 e. The number of pyridine rings is 1. The lowest BCUT2D eigenvalue weighted by atomic mass is 9.90. The molecule has 1 saturated carbocycles. The molecule has 0 bridgehead atoms. The van der Waals surface area contributed by atoms with Crippen molar-refractivity contribution in [2.45, 2.75) is 44.3 Å². The number of benzene rings is 2. The number of carbonyl (C=O) groups excluding carboxylic acids is 2. The van der Waals surface area contributed by atoms with E-state index in [1.54, 1.807) is 36.7 Å². The van der Waals surface area contributed by atoms with Crippen molar-refractivity contribution in [3.63, 3.8) is 0 Å². The zero-order chi connectivity index (χ0) is 23.2. The highest BCUT2D eigenvalue weighted by atomic mass is 19.1. The summed E-state index contributed by atoms with van der Waals surface area (Å²) in [6.07, 6.45) is 6.50. The van der Waals surface area contributed by atoms with Crippen molar-refractivity contribution in [1.29, 1.82) is 0 Å². The molecule has 0 atom stereocenters. The van der Waals surface area contributed by atoms with Gasteiger partial charge in [-0.15, -0.1) is 0 Å². The van der Waals surface area contributed by atoms with Crippen molar-refractivity contribution >= 4 is 17.5 Å². The molecule has 0 spiro atoms. The highest BCUT2D eigenvalue weighted by Gasteiger charge is 2.28. The molecule has 0 saturated heterocycles. The molecule has 0 unspecified atom stereocenters. The maximum Gasteiger partial charge on any atom is 0.255 e. The van der Waals surface area contributed by atoms with E-state index < -0.39 is 5.82 Å². The van der Waals surface area contributed by atoms with Gasteiger partial charge in [-0.2, -0.15) is 0 Å². The number of nitrogens with one attached hydrogen (secondary N) is 1. The zero-order valence-corrected chi connectivity index (χ0v) is 18.3. The summed E-state index contributed by atoms with van der Waals surface area (Å²) in [4.78, 5) is 31.4. The van der Waals surface area contributed by atoms with Gasteiger partial charge in [0.2, 0.25) is 0 Å². The predicted octanol–water partition coefficient (Wildman–Crippen LogP) is 4.39. The molecule has 0 radical (unpaired) electrons. The number of halogens is 1. The minimum Gasteiger partial charge on any atom is -0.331 e. The molecule has 33 heavy (non-hydrogen) atoms. The van der Waals surface area contributed by atoms with Crippen LogP contribution >= 0.6 is 0 Å². The summed E-state index contributed by atoms with van der Waals surface area (Å²) in [5, 5.41) is 2.86. The molecule has 4 rings (SSSR count). The Morgan fingerprint density at radius 3 is 2.33 bits per heavy atom. The number of nitrogens with two attached hydrogens (primary N) is 1. The van der Waals surface area contributed by atoms with Crippen LogP contribution in [0.15, 0.2) is 73.1 Å². The third-order valence-electron chi connectivity index (χ3n) is 6.02. The van der Waals surface area contributed by atoms with Crippen LogP contribution in [-0.2, 0) is 6.54 Å². The standard InChI is InChI=1S/C26H27FN4O2/c27-21-3-1-2-20(16-21)26(33)31(24-10-6-22(28)7-11-24)17-18-4-8-23(9-5-18)30-25(32)19-12-14-29-15-13-19/h1-5,8-9,12-16,22,24H,6-7,10-11,17,28H2,(H,30,32). The number of aromatic nitrogens is 1. The van der Waals surface area contributed by atoms with Gasteiger partial charge in [0.25, 0.3) is 11.8 Å². The minimum absolute atomic E-state index is 0.0478. The molecule has 1 fully saturated rings. The fourth-order valence-electron chi connectivity index (χ4n) is 4.16. The number of amides is 2. The summed E-state index contributed by atoms with van der Waals surface area (Å²) in [6, 6.07) is 16.7. The molecule has 6 nitrogen and oxygen atoms in total. The van der Waals surface area contributed by atoms with E-state index in [2.05, 4.69) is 10.3 Å². The second-order valence-corrected chi connectivity index (χ2v) is 8.40. The van der Waals surface area contributed by atoms with Gasteiger partial charge in [0.05, 0.1) is 0 Å². The van der Waals surface area contributed by atoms with Gasteiger partial charge in [0.1, 0.15) is 5.82 Å². The first-order valence-corrected chi connectivity index (χ1v) is 11.1. The van der Waals surface area contributed by atoms with Crippen molar-refractivity contribution in [3.05, 3.63) is 95.6 Å². The summed E-state index contributed by atoms with van der Waals surface area (Å²) in [6.45, 7) is 0.397. The SMILES string of the molecule is NC1CCC(N(Cc2ccc(NC(=O)c3ccncc3)cc2)C(=O)c2cccc(F)c2)CC1. The van der Waals surface area contributed by atoms with Crippen molar-refractivity contribution in [3.8, 4) is 0 Å². The Bertz CT molecular complexity index is 1100. The second kappa shape index (κ2) is 10.4. The Balaban J connectivity index is 1.49. The molecule has 1 aromatic heterocycles. The molecular formula is C26H27FN4O2. The van der Waals surface area contributed by atoms with Crippen LogP contribution in [0, 0.1) is 5.82 Å². The number of anilines is 1. The van der Waals surface area contributed by atoms with Crippen molar-refractivity contribution < 1.29 is 14.0 Å². The molecule has 1 heterocycles. The molecule has 1 aliphatic carbocycles. The number of hydrogen-bond donors (Lipinski definition) is 2. The van der Waals surface area contributed by atoms with E-state index in [1.807, 2.05) is 29.2 Å². The Hall–Kier alpha value is -3.58. The van der Waals surface area contributed by atoms with Crippen LogP contribution < -0.4 is 11.1 Å². The molecule has 7 heteroatoms. The van der Waals surface area contributed by atoms with E-state index in [0.717, 1.165) is 31.2 Å². The van der Waals surface area contributed by atoms with E-state index in [0.29, 0.717) is 23.4 Å². The first-order chi connectivity index (χ1) is 16.0. The second-order valence-electron chi connectivity index (χ2n) is 8.40. The molecule has 3 N–H and O–H groups in total. The number of rotatable bonds is 6. The lowest BCUT2D eigenvalue weighted by Gasteiger charge is -2.36. The molecule has 2 aromatic carbocycles. The van der Waals surface area contributed by atoms with E-state index >= 15 is 0 Å². The monoisotopic (exact) mass is 446 g/mol. The van der Waals surface area contributed by atoms with Gasteiger partial charge in [0.15, 0.2) is 0 Å². The van der Waals surface area contributed by atoms with Crippen molar-refractivity contribution in [2.75, 3.05) is 5.32 Å². The van der Waals surface area contributed by atoms with E-state index in [9.17, 15) is 14.0 Å². The van der Waals surface area contributed by atoms with Crippen LogP contribution in [0.4, 0.5) is 10.1 Å². The normalized spacial score (nSPS) is 17.9. The summed E-state index contributed by atoms with van der Waals surface area (Å²) >= 11 is 0. The van der Waals surface area contributed by atoms with E-state index in [4.69, 9.17) is 5.73 Å². The fourth-order valence-corrected chi connectivity index (χ4v) is 4.16. The topological polar surface area (TPSA) is 88.3 Å². The number of carbonyl (C=O) groups is 2. The summed E-state index contributed by atoms with van der Waals surface area (Å²) in [7, 11) is 0. The summed E-state index contributed by atoms with van der Waals surface area (Å²) in [5.41, 5.74) is 8.51. The average molecular weight is 447 g/mol. The van der Waals surface area contributed by atoms with Crippen LogP contribution in [0.2, 0.25) is 0 Å². The fraction of sp³-hybridized carbons (Fsp3) is 0.269. The molecule has 2 amide bonds. The van der Waals surface area contributed by atoms with Gasteiger partial charge in [-0.25, -0.2) is 4.39 Å². The van der Waals surface area contributed by atoms with Crippen LogP contribution in [0.25, 0.3) is 0 Å². The van der Waals surface area contributed by atoms with Crippen LogP contribution in [0.5, 0.6) is 0 Å². The van der Waals surface area contributed by atoms with Gasteiger partial charge in [0, 0.05) is 47.8 Å². The zero-order valence-electron chi connectivity index (χ0n) is 18.3. The van der Waals surface area contributed by atoms with Gasteiger partial charge in [-0.1, -0.05) is 18.2 Å². The maximum absolute atomic E-state index is 13.8. The first-order valence-electron chi connectivity index (χ1n) is 11.1. The molecular weight excluding hydrogens is 419 g/mol. The molecule has 3 aromatic rings. The molecule has 170 valence electrons. The van der Waals surface area contributed by atoms with Gasteiger partial charge in [-0.3, -0.25) is 14.6 Å². The number of nitrogens with zero attached hydrogens (tertiary/aromatic N) is 2. The lowest BCUT2D eigenvalue weighted by molar-refractivity contribution is 0.0606. The smallest absolute Gasteiger partial charge is 0.255 e. The molecule has 1 aliphatic rings. The Morgan fingerprint density at radius 2 is 1.67 bits per heavy atom. The van der Waals surface area contributed by atoms with E-state index in [1.165, 1.54) is 12.1 Å². The lowest BCUT2D eigenvalue weighted by Crippen LogP contribution is -2.43. The average Bonchev–Trinajstić information content (AvgIpc) is 2.84. The predicted molar refractivity (Wildman–Crippen MR) is 125 cm³/mol. The highest BCUT2D eigenvalue weighted by molar-refractivity contribution is 6.04. The molecule has 0 aliphatic heterocycles. The Kier molecular flexibility index (Phi) is 7.10. The van der Waals surface area contributed by atoms with Crippen LogP contribution in [0.1, 0.15) is 52.0 Å². The van der Waals surface area contributed by atoms with E-state index in [-0.39, 0.29) is 23.9 Å². The Labute approximate surface area is 192 Å². The van der Waals surface area contributed by atoms with Crippen molar-refractivity contribution in [2.24, 2.45) is 5.73 Å². The highest BCUT2D eigenvalue weighted by Crippen LogP contribution is 2.26. The van der Waals surface area contributed by atoms with Gasteiger partial charge >= 0.3 is 0 Å². The van der Waals surface area contributed by atoms with Crippen LogP contribution in [0.3, 0.4) is 0 Å².